The Bertz CT molecular complexity index is 1710. The van der Waals surface area contributed by atoms with Gasteiger partial charge in [-0.15, -0.1) is 0 Å². The first-order valence-electron chi connectivity index (χ1n) is 19.1. The van der Waals surface area contributed by atoms with Gasteiger partial charge in [0.1, 0.15) is 0 Å². The smallest absolute Gasteiger partial charge is 0.320 e. The standard InChI is InChI=1S/C43H58N4O7/c1-8-54-39(48)30-46-22-24-47(25-23-46)42(50)43(36-12-10-9-11-13-36)17-20-45(21-18-43)19-16-34(33-15-14-31(2)32(3)26-33)29-44(4)41(49)35-27-37(51-5)40(53-7)38(28-35)52-6/h9-15,26-28,34H,8,16-25,29-30H2,1-7H3. The number of carbonyl (C=O) groups is 3. The van der Waals surface area contributed by atoms with E-state index in [0.717, 1.165) is 44.5 Å². The summed E-state index contributed by atoms with van der Waals surface area (Å²) in [5.41, 5.74) is 4.60. The maximum absolute atomic E-state index is 14.5. The van der Waals surface area contributed by atoms with Gasteiger partial charge in [0, 0.05) is 51.3 Å². The summed E-state index contributed by atoms with van der Waals surface area (Å²) < 4.78 is 21.7. The lowest BCUT2D eigenvalue weighted by Gasteiger charge is -2.45. The molecule has 2 heterocycles. The molecular weight excluding hydrogens is 684 g/mol. The molecule has 0 aliphatic carbocycles. The van der Waals surface area contributed by atoms with E-state index >= 15 is 0 Å². The fourth-order valence-corrected chi connectivity index (χ4v) is 7.90. The molecule has 1 atom stereocenters. The Morgan fingerprint density at radius 2 is 1.44 bits per heavy atom. The van der Waals surface area contributed by atoms with Gasteiger partial charge in [-0.25, -0.2) is 0 Å². The van der Waals surface area contributed by atoms with E-state index in [0.29, 0.717) is 62.1 Å². The molecule has 0 bridgehead atoms. The molecule has 0 N–H and O–H groups in total. The Kier molecular flexibility index (Phi) is 14.0. The molecule has 54 heavy (non-hydrogen) atoms. The van der Waals surface area contributed by atoms with Crippen LogP contribution in [-0.4, -0.2) is 131 Å². The van der Waals surface area contributed by atoms with Gasteiger partial charge in [0.2, 0.25) is 11.7 Å². The van der Waals surface area contributed by atoms with Crippen LogP contribution in [0.25, 0.3) is 0 Å². The number of benzene rings is 3. The lowest BCUT2D eigenvalue weighted by atomic mass is 9.71. The summed E-state index contributed by atoms with van der Waals surface area (Å²) in [7, 11) is 6.48. The zero-order valence-electron chi connectivity index (χ0n) is 33.2. The molecule has 0 aromatic heterocycles. The van der Waals surface area contributed by atoms with Gasteiger partial charge in [-0.05, 0) is 94.1 Å². The second-order valence-electron chi connectivity index (χ2n) is 14.6. The summed E-state index contributed by atoms with van der Waals surface area (Å²) in [5, 5.41) is 0. The van der Waals surface area contributed by atoms with E-state index in [1.807, 2.05) is 37.1 Å². The van der Waals surface area contributed by atoms with Crippen LogP contribution in [0.15, 0.2) is 60.7 Å². The molecule has 292 valence electrons. The van der Waals surface area contributed by atoms with Crippen molar-refractivity contribution in [1.82, 2.24) is 19.6 Å². The highest BCUT2D eigenvalue weighted by molar-refractivity contribution is 5.95. The number of likely N-dealkylation sites (tertiary alicyclic amines) is 1. The minimum absolute atomic E-state index is 0.0913. The normalized spacial score (nSPS) is 16.7. The number of piperidine rings is 1. The van der Waals surface area contributed by atoms with Crippen LogP contribution in [0, 0.1) is 13.8 Å². The van der Waals surface area contributed by atoms with Gasteiger partial charge in [-0.2, -0.15) is 0 Å². The largest absolute Gasteiger partial charge is 0.493 e. The molecule has 1 unspecified atom stereocenters. The first-order chi connectivity index (χ1) is 26.0. The second-order valence-corrected chi connectivity index (χ2v) is 14.6. The Hall–Kier alpha value is -4.61. The molecule has 2 fully saturated rings. The van der Waals surface area contributed by atoms with Crippen LogP contribution in [0.1, 0.15) is 64.7 Å². The summed E-state index contributed by atoms with van der Waals surface area (Å²) in [4.78, 5) is 48.7. The molecule has 11 heteroatoms. The first kappa shape index (κ1) is 40.6. The van der Waals surface area contributed by atoms with Crippen LogP contribution in [0.4, 0.5) is 0 Å². The van der Waals surface area contributed by atoms with Crippen LogP contribution < -0.4 is 14.2 Å². The minimum Gasteiger partial charge on any atom is -0.493 e. The fraction of sp³-hybridized carbons (Fsp3) is 0.512. The molecule has 11 nitrogen and oxygen atoms in total. The van der Waals surface area contributed by atoms with E-state index in [2.05, 4.69) is 54.0 Å². The maximum Gasteiger partial charge on any atom is 0.320 e. The SMILES string of the molecule is CCOC(=O)CN1CCN(C(=O)C2(c3ccccc3)CCN(CCC(CN(C)C(=O)c3cc(OC)c(OC)c(OC)c3)c3ccc(C)c(C)c3)CC2)CC1. The third-order valence-corrected chi connectivity index (χ3v) is 11.3. The number of methoxy groups -OCH3 is 3. The van der Waals surface area contributed by atoms with Crippen molar-refractivity contribution in [2.75, 3.05) is 93.9 Å². The van der Waals surface area contributed by atoms with Crippen molar-refractivity contribution < 1.29 is 33.3 Å². The van der Waals surface area contributed by atoms with Crippen molar-refractivity contribution in [3.05, 3.63) is 88.5 Å². The number of ether oxygens (including phenoxy) is 4. The van der Waals surface area contributed by atoms with Gasteiger partial charge in [-0.1, -0.05) is 48.5 Å². The number of aryl methyl sites for hydroxylation is 2. The zero-order valence-corrected chi connectivity index (χ0v) is 33.2. The summed E-state index contributed by atoms with van der Waals surface area (Å²) in [6.45, 7) is 12.1. The molecule has 2 amide bonds. The molecule has 0 radical (unpaired) electrons. The molecule has 3 aromatic carbocycles. The molecule has 2 aliphatic rings. The van der Waals surface area contributed by atoms with Crippen LogP contribution in [-0.2, 0) is 19.7 Å². The quantitative estimate of drug-likeness (QED) is 0.192. The van der Waals surface area contributed by atoms with Crippen molar-refractivity contribution in [3.63, 3.8) is 0 Å². The van der Waals surface area contributed by atoms with Gasteiger partial charge < -0.3 is 33.6 Å². The van der Waals surface area contributed by atoms with Gasteiger partial charge in [-0.3, -0.25) is 19.3 Å². The number of piperazine rings is 1. The van der Waals surface area contributed by atoms with Gasteiger partial charge in [0.25, 0.3) is 5.91 Å². The molecule has 2 saturated heterocycles. The lowest BCUT2D eigenvalue weighted by molar-refractivity contribution is -0.146. The highest BCUT2D eigenvalue weighted by atomic mass is 16.5. The van der Waals surface area contributed by atoms with Crippen LogP contribution >= 0.6 is 0 Å². The zero-order chi connectivity index (χ0) is 38.8. The highest BCUT2D eigenvalue weighted by Gasteiger charge is 2.45. The number of nitrogens with zero attached hydrogens (tertiary/aromatic N) is 4. The highest BCUT2D eigenvalue weighted by Crippen LogP contribution is 2.40. The van der Waals surface area contributed by atoms with E-state index in [-0.39, 0.29) is 30.2 Å². The third-order valence-electron chi connectivity index (χ3n) is 11.3. The van der Waals surface area contributed by atoms with Crippen molar-refractivity contribution in [3.8, 4) is 17.2 Å². The van der Waals surface area contributed by atoms with Gasteiger partial charge >= 0.3 is 5.97 Å². The Balaban J connectivity index is 1.28. The summed E-state index contributed by atoms with van der Waals surface area (Å²) in [5.74, 6) is 1.24. The molecule has 5 rings (SSSR count). The van der Waals surface area contributed by atoms with E-state index in [4.69, 9.17) is 18.9 Å². The average molecular weight is 743 g/mol. The second kappa shape index (κ2) is 18.6. The summed E-state index contributed by atoms with van der Waals surface area (Å²) in [6.07, 6.45) is 2.31. The minimum atomic E-state index is -0.596. The van der Waals surface area contributed by atoms with E-state index in [1.54, 1.807) is 38.4 Å². The monoisotopic (exact) mass is 742 g/mol. The average Bonchev–Trinajstić information content (AvgIpc) is 3.20. The first-order valence-corrected chi connectivity index (χ1v) is 19.1. The van der Waals surface area contributed by atoms with Crippen molar-refractivity contribution >= 4 is 17.8 Å². The number of carbonyl (C=O) groups excluding carboxylic acids is 3. The molecular formula is C43H58N4O7. The molecule has 0 saturated carbocycles. The molecule has 0 spiro atoms. The van der Waals surface area contributed by atoms with Crippen molar-refractivity contribution in [2.24, 2.45) is 0 Å². The summed E-state index contributed by atoms with van der Waals surface area (Å²) >= 11 is 0. The summed E-state index contributed by atoms with van der Waals surface area (Å²) in [6, 6.07) is 20.2. The predicted molar refractivity (Wildman–Crippen MR) is 210 cm³/mol. The third kappa shape index (κ3) is 9.36. The number of esters is 1. The van der Waals surface area contributed by atoms with Crippen LogP contribution in [0.3, 0.4) is 0 Å². The molecule has 3 aromatic rings. The van der Waals surface area contributed by atoms with Crippen molar-refractivity contribution in [2.45, 2.75) is 51.4 Å². The van der Waals surface area contributed by atoms with Crippen molar-refractivity contribution in [1.29, 1.82) is 0 Å². The van der Waals surface area contributed by atoms with E-state index in [1.165, 1.54) is 16.7 Å². The van der Waals surface area contributed by atoms with E-state index < -0.39 is 5.41 Å². The topological polar surface area (TPSA) is 101 Å². The number of hydrogen-bond donors (Lipinski definition) is 0. The Labute approximate surface area is 321 Å². The Morgan fingerprint density at radius 3 is 2.02 bits per heavy atom. The van der Waals surface area contributed by atoms with Crippen LogP contribution in [0.2, 0.25) is 0 Å². The van der Waals surface area contributed by atoms with E-state index in [9.17, 15) is 14.4 Å². The Morgan fingerprint density at radius 1 is 0.796 bits per heavy atom. The fourth-order valence-electron chi connectivity index (χ4n) is 7.90. The number of rotatable bonds is 15. The van der Waals surface area contributed by atoms with Gasteiger partial charge in [0.15, 0.2) is 11.5 Å². The van der Waals surface area contributed by atoms with Gasteiger partial charge in [0.05, 0.1) is 39.9 Å². The number of amides is 2. The number of likely N-dealkylation sites (N-methyl/N-ethyl adjacent to an activating group) is 1. The maximum atomic E-state index is 14.5. The predicted octanol–water partition coefficient (Wildman–Crippen LogP) is 5.32. The number of hydrogen-bond acceptors (Lipinski definition) is 9. The lowest BCUT2D eigenvalue weighted by Crippen LogP contribution is -2.57. The van der Waals surface area contributed by atoms with Crippen LogP contribution in [0.5, 0.6) is 17.2 Å². The molecule has 2 aliphatic heterocycles.